The molecule has 1 N–H and O–H groups in total. The molecule has 0 atom stereocenters. The van der Waals surface area contributed by atoms with Crippen molar-refractivity contribution in [3.63, 3.8) is 0 Å². The summed E-state index contributed by atoms with van der Waals surface area (Å²) in [4.78, 5) is 0.120. The second-order valence-corrected chi connectivity index (χ2v) is 7.21. The van der Waals surface area contributed by atoms with Crippen molar-refractivity contribution in [1.29, 1.82) is 0 Å². The van der Waals surface area contributed by atoms with Gasteiger partial charge in [0.15, 0.2) is 5.84 Å². The molecule has 0 aromatic heterocycles. The number of benzene rings is 3. The summed E-state index contributed by atoms with van der Waals surface area (Å²) in [5.41, 5.74) is 1.22. The number of anilines is 1. The van der Waals surface area contributed by atoms with Gasteiger partial charge in [0.05, 0.1) is 9.92 Å². The van der Waals surface area contributed by atoms with Crippen molar-refractivity contribution in [3.05, 3.63) is 95.5 Å². The SMILES string of the molecule is O=S(=O)(N=C(Nc1ccccc1)c1ccccc1Cl)c1ccccc1. The van der Waals surface area contributed by atoms with Crippen LogP contribution in [0.2, 0.25) is 5.02 Å². The van der Waals surface area contributed by atoms with Crippen LogP contribution >= 0.6 is 11.6 Å². The molecule has 3 aromatic carbocycles. The molecule has 0 unspecified atom stereocenters. The summed E-state index contributed by atoms with van der Waals surface area (Å²) in [5, 5.41) is 3.46. The molecule has 6 heteroatoms. The Balaban J connectivity index is 2.09. The average molecular weight is 371 g/mol. The fraction of sp³-hybridized carbons (Fsp3) is 0. The molecular formula is C19H15ClN2O2S. The van der Waals surface area contributed by atoms with E-state index in [-0.39, 0.29) is 10.7 Å². The van der Waals surface area contributed by atoms with Crippen LogP contribution in [-0.2, 0) is 10.0 Å². The fourth-order valence-corrected chi connectivity index (χ4v) is 3.43. The second-order valence-electron chi connectivity index (χ2n) is 5.20. The van der Waals surface area contributed by atoms with Gasteiger partial charge in [0.1, 0.15) is 0 Å². The van der Waals surface area contributed by atoms with Gasteiger partial charge in [0.2, 0.25) is 0 Å². The highest BCUT2D eigenvalue weighted by molar-refractivity contribution is 7.90. The topological polar surface area (TPSA) is 58.5 Å². The molecule has 0 aliphatic rings. The molecule has 4 nitrogen and oxygen atoms in total. The van der Waals surface area contributed by atoms with E-state index in [2.05, 4.69) is 9.71 Å². The second kappa shape index (κ2) is 7.51. The molecule has 25 heavy (non-hydrogen) atoms. The smallest absolute Gasteiger partial charge is 0.284 e. The van der Waals surface area contributed by atoms with Crippen LogP contribution in [0.1, 0.15) is 5.56 Å². The third kappa shape index (κ3) is 4.26. The minimum Gasteiger partial charge on any atom is -0.339 e. The summed E-state index contributed by atoms with van der Waals surface area (Å²) in [6.07, 6.45) is 0. The van der Waals surface area contributed by atoms with Crippen LogP contribution in [0.3, 0.4) is 0 Å². The zero-order valence-corrected chi connectivity index (χ0v) is 14.7. The Labute approximate surface area is 151 Å². The van der Waals surface area contributed by atoms with Gasteiger partial charge in [-0.05, 0) is 36.4 Å². The predicted octanol–water partition coefficient (Wildman–Crippen LogP) is 4.59. The molecule has 0 spiro atoms. The number of halogens is 1. The Morgan fingerprint density at radius 2 is 1.36 bits per heavy atom. The molecule has 3 rings (SSSR count). The van der Waals surface area contributed by atoms with Crippen molar-refractivity contribution in [2.24, 2.45) is 4.40 Å². The molecule has 0 amide bonds. The van der Waals surface area contributed by atoms with Crippen LogP contribution < -0.4 is 5.32 Å². The zero-order valence-electron chi connectivity index (χ0n) is 13.1. The summed E-state index contributed by atoms with van der Waals surface area (Å²) < 4.78 is 29.3. The van der Waals surface area contributed by atoms with E-state index in [0.29, 0.717) is 16.3 Å². The van der Waals surface area contributed by atoms with E-state index in [4.69, 9.17) is 11.6 Å². The average Bonchev–Trinajstić information content (AvgIpc) is 2.63. The highest BCUT2D eigenvalue weighted by atomic mass is 35.5. The molecule has 0 aliphatic heterocycles. The minimum atomic E-state index is -3.88. The maximum atomic E-state index is 12.6. The third-order valence-corrected chi connectivity index (χ3v) is 5.04. The van der Waals surface area contributed by atoms with Crippen LogP contribution in [0.4, 0.5) is 5.69 Å². The number of nitrogens with zero attached hydrogens (tertiary/aromatic N) is 1. The van der Waals surface area contributed by atoms with Crippen LogP contribution in [-0.4, -0.2) is 14.3 Å². The van der Waals surface area contributed by atoms with Crippen LogP contribution in [0, 0.1) is 0 Å². The lowest BCUT2D eigenvalue weighted by Gasteiger charge is -2.12. The van der Waals surface area contributed by atoms with Gasteiger partial charge >= 0.3 is 0 Å². The summed E-state index contributed by atoms with van der Waals surface area (Å²) in [5.74, 6) is 0.167. The van der Waals surface area contributed by atoms with Crippen LogP contribution in [0.15, 0.2) is 94.2 Å². The van der Waals surface area contributed by atoms with Crippen LogP contribution in [0.25, 0.3) is 0 Å². The Hall–Kier alpha value is -2.63. The maximum Gasteiger partial charge on any atom is 0.284 e. The molecule has 3 aromatic rings. The van der Waals surface area contributed by atoms with E-state index in [1.54, 1.807) is 42.5 Å². The first kappa shape index (κ1) is 17.2. The standard InChI is InChI=1S/C19H15ClN2O2S/c20-18-14-8-7-13-17(18)19(21-15-9-3-1-4-10-15)22-25(23,24)16-11-5-2-6-12-16/h1-14H,(H,21,22). The Kier molecular flexibility index (Phi) is 5.16. The summed E-state index contributed by atoms with van der Waals surface area (Å²) >= 11 is 6.24. The number of hydrogen-bond donors (Lipinski definition) is 1. The van der Waals surface area contributed by atoms with Gasteiger partial charge in [0.25, 0.3) is 10.0 Å². The van der Waals surface area contributed by atoms with Gasteiger partial charge < -0.3 is 5.32 Å². The first-order valence-electron chi connectivity index (χ1n) is 7.53. The van der Waals surface area contributed by atoms with E-state index >= 15 is 0 Å². The van der Waals surface area contributed by atoms with Crippen molar-refractivity contribution in [2.75, 3.05) is 5.32 Å². The summed E-state index contributed by atoms with van der Waals surface area (Å²) in [6, 6.07) is 24.2. The normalized spacial score (nSPS) is 12.0. The Morgan fingerprint density at radius 3 is 2.00 bits per heavy atom. The largest absolute Gasteiger partial charge is 0.339 e. The minimum absolute atomic E-state index is 0.120. The molecule has 0 bridgehead atoms. The number of para-hydroxylation sites is 1. The lowest BCUT2D eigenvalue weighted by atomic mass is 10.2. The number of amidine groups is 1. The van der Waals surface area contributed by atoms with E-state index in [1.165, 1.54) is 12.1 Å². The van der Waals surface area contributed by atoms with Gasteiger partial charge in [-0.15, -0.1) is 4.40 Å². The van der Waals surface area contributed by atoms with E-state index in [1.807, 2.05) is 30.3 Å². The highest BCUT2D eigenvalue weighted by Gasteiger charge is 2.17. The molecule has 0 radical (unpaired) electrons. The summed E-state index contributed by atoms with van der Waals surface area (Å²) in [6.45, 7) is 0. The fourth-order valence-electron chi connectivity index (χ4n) is 2.22. The van der Waals surface area contributed by atoms with Gasteiger partial charge in [-0.1, -0.05) is 60.1 Å². The number of rotatable bonds is 4. The van der Waals surface area contributed by atoms with Crippen LogP contribution in [0.5, 0.6) is 0 Å². The lowest BCUT2D eigenvalue weighted by Crippen LogP contribution is -2.16. The molecule has 0 saturated heterocycles. The third-order valence-electron chi connectivity index (χ3n) is 3.42. The van der Waals surface area contributed by atoms with Gasteiger partial charge in [0, 0.05) is 11.3 Å². The maximum absolute atomic E-state index is 12.6. The molecular weight excluding hydrogens is 356 g/mol. The van der Waals surface area contributed by atoms with Gasteiger partial charge in [-0.25, -0.2) is 0 Å². The molecule has 0 saturated carbocycles. The van der Waals surface area contributed by atoms with E-state index in [9.17, 15) is 8.42 Å². The predicted molar refractivity (Wildman–Crippen MR) is 102 cm³/mol. The summed E-state index contributed by atoms with van der Waals surface area (Å²) in [7, 11) is -3.88. The lowest BCUT2D eigenvalue weighted by molar-refractivity contribution is 0.598. The van der Waals surface area contributed by atoms with Crippen molar-refractivity contribution < 1.29 is 8.42 Å². The quantitative estimate of drug-likeness (QED) is 0.540. The number of sulfonamides is 1. The first-order chi connectivity index (χ1) is 12.1. The molecule has 0 heterocycles. The van der Waals surface area contributed by atoms with E-state index in [0.717, 1.165) is 0 Å². The van der Waals surface area contributed by atoms with Crippen molar-refractivity contribution in [3.8, 4) is 0 Å². The number of hydrogen-bond acceptors (Lipinski definition) is 2. The van der Waals surface area contributed by atoms with E-state index < -0.39 is 10.0 Å². The van der Waals surface area contributed by atoms with Crippen molar-refractivity contribution in [1.82, 2.24) is 0 Å². The van der Waals surface area contributed by atoms with Gasteiger partial charge in [-0.2, -0.15) is 8.42 Å². The zero-order chi connectivity index (χ0) is 17.7. The monoisotopic (exact) mass is 370 g/mol. The van der Waals surface area contributed by atoms with Gasteiger partial charge in [-0.3, -0.25) is 0 Å². The van der Waals surface area contributed by atoms with Crippen molar-refractivity contribution >= 4 is 33.1 Å². The van der Waals surface area contributed by atoms with Crippen molar-refractivity contribution in [2.45, 2.75) is 4.90 Å². The molecule has 126 valence electrons. The Bertz CT molecular complexity index is 988. The first-order valence-corrected chi connectivity index (χ1v) is 9.35. The molecule has 0 fully saturated rings. The molecule has 0 aliphatic carbocycles. The highest BCUT2D eigenvalue weighted by Crippen LogP contribution is 2.20. The number of nitrogens with one attached hydrogen (secondary N) is 1. The Morgan fingerprint density at radius 1 is 0.800 bits per heavy atom.